The summed E-state index contributed by atoms with van der Waals surface area (Å²) in [4.78, 5) is 27.1. The molecule has 1 atom stereocenters. The smallest absolute Gasteiger partial charge is 0.248 e. The van der Waals surface area contributed by atoms with Crippen LogP contribution in [-0.4, -0.2) is 46.9 Å². The van der Waals surface area contributed by atoms with Crippen molar-refractivity contribution in [3.63, 3.8) is 0 Å². The molecule has 1 aliphatic heterocycles. The summed E-state index contributed by atoms with van der Waals surface area (Å²) in [6, 6.07) is 7.34. The van der Waals surface area contributed by atoms with Gasteiger partial charge in [0, 0.05) is 13.5 Å². The third-order valence-corrected chi connectivity index (χ3v) is 4.07. The first kappa shape index (κ1) is 17.2. The molecule has 1 fully saturated rings. The van der Waals surface area contributed by atoms with Crippen LogP contribution < -0.4 is 10.1 Å². The number of carbonyl (C=O) groups excluding carboxylic acids is 2. The molecular weight excluding hydrogens is 314 g/mol. The molecule has 0 aromatic heterocycles. The Hall–Kier alpha value is -2.15. The molecule has 0 spiro atoms. The largest absolute Gasteiger partial charge is 0.497 e. The number of hydrogen-bond donors (Lipinski definition) is 1. The van der Waals surface area contributed by atoms with E-state index < -0.39 is 6.17 Å². The van der Waals surface area contributed by atoms with Gasteiger partial charge in [0.05, 0.1) is 7.11 Å². The molecule has 6 nitrogen and oxygen atoms in total. The first-order valence-electron chi connectivity index (χ1n) is 7.50. The summed E-state index contributed by atoms with van der Waals surface area (Å²) in [5.74, 6) is 0.499. The second-order valence-corrected chi connectivity index (χ2v) is 5.70. The van der Waals surface area contributed by atoms with Crippen molar-refractivity contribution < 1.29 is 14.3 Å². The van der Waals surface area contributed by atoms with Crippen LogP contribution in [0.2, 0.25) is 0 Å². The molecule has 1 heterocycles. The van der Waals surface area contributed by atoms with Gasteiger partial charge in [-0.05, 0) is 36.3 Å². The molecule has 1 saturated heterocycles. The maximum absolute atomic E-state index is 12.2. The molecule has 1 aromatic rings. The van der Waals surface area contributed by atoms with E-state index >= 15 is 0 Å². The third-order valence-electron chi connectivity index (χ3n) is 3.61. The van der Waals surface area contributed by atoms with Crippen molar-refractivity contribution >= 4 is 29.1 Å². The fraction of sp³-hybridized carbons (Fsp3) is 0.438. The van der Waals surface area contributed by atoms with Crippen molar-refractivity contribution in [2.24, 2.45) is 0 Å². The quantitative estimate of drug-likeness (QED) is 0.801. The minimum absolute atomic E-state index is 0.0410. The average molecular weight is 335 g/mol. The number of nitrogens with zero attached hydrogens (tertiary/aromatic N) is 2. The van der Waals surface area contributed by atoms with Crippen molar-refractivity contribution in [2.45, 2.75) is 26.4 Å². The van der Waals surface area contributed by atoms with Gasteiger partial charge in [-0.2, -0.15) is 0 Å². The van der Waals surface area contributed by atoms with Crippen molar-refractivity contribution in [3.8, 4) is 5.75 Å². The van der Waals surface area contributed by atoms with Gasteiger partial charge in [0.2, 0.25) is 11.8 Å². The molecule has 2 rings (SSSR count). The van der Waals surface area contributed by atoms with Gasteiger partial charge in [-0.3, -0.25) is 14.5 Å². The van der Waals surface area contributed by atoms with Crippen LogP contribution >= 0.6 is 12.2 Å². The molecule has 0 radical (unpaired) electrons. The summed E-state index contributed by atoms with van der Waals surface area (Å²) < 4.78 is 5.15. The van der Waals surface area contributed by atoms with Crippen LogP contribution in [0, 0.1) is 0 Å². The van der Waals surface area contributed by atoms with Crippen LogP contribution in [0.1, 0.15) is 32.0 Å². The zero-order valence-corrected chi connectivity index (χ0v) is 14.4. The van der Waals surface area contributed by atoms with Crippen molar-refractivity contribution in [3.05, 3.63) is 29.8 Å². The van der Waals surface area contributed by atoms with Gasteiger partial charge in [0.15, 0.2) is 5.11 Å². The molecule has 1 aliphatic rings. The Balaban J connectivity index is 2.29. The summed E-state index contributed by atoms with van der Waals surface area (Å²) in [5.41, 5.74) is 0.842. The molecule has 0 aliphatic carbocycles. The van der Waals surface area contributed by atoms with E-state index in [9.17, 15) is 9.59 Å². The lowest BCUT2D eigenvalue weighted by molar-refractivity contribution is -0.126. The number of benzene rings is 1. The predicted octanol–water partition coefficient (Wildman–Crippen LogP) is 1.67. The number of methoxy groups -OCH3 is 1. The van der Waals surface area contributed by atoms with Gasteiger partial charge < -0.3 is 15.0 Å². The standard InChI is InChI=1S/C16H21N3O3S/c1-4-9-18-14(21)10-19(16(18)23)15(17-11(2)20)12-5-7-13(22-3)8-6-12/h5-8,15H,4,9-10H2,1-3H3,(H,17,20). The summed E-state index contributed by atoms with van der Waals surface area (Å²) in [5, 5.41) is 3.32. The van der Waals surface area contributed by atoms with Crippen LogP contribution in [0.5, 0.6) is 5.75 Å². The molecule has 124 valence electrons. The number of carbonyl (C=O) groups is 2. The van der Waals surface area contributed by atoms with E-state index in [2.05, 4.69) is 5.32 Å². The maximum atomic E-state index is 12.2. The second-order valence-electron chi connectivity index (χ2n) is 5.33. The number of thiocarbonyl (C=S) groups is 1. The fourth-order valence-electron chi connectivity index (χ4n) is 2.53. The molecule has 0 bridgehead atoms. The molecule has 1 aromatic carbocycles. The van der Waals surface area contributed by atoms with Crippen LogP contribution in [0.25, 0.3) is 0 Å². The first-order valence-corrected chi connectivity index (χ1v) is 7.90. The second kappa shape index (κ2) is 7.41. The minimum atomic E-state index is -0.475. The molecule has 1 N–H and O–H groups in total. The molecule has 2 amide bonds. The summed E-state index contributed by atoms with van der Waals surface area (Å²) >= 11 is 5.44. The molecule has 1 unspecified atom stereocenters. The fourth-order valence-corrected chi connectivity index (χ4v) is 2.89. The van der Waals surface area contributed by atoms with Gasteiger partial charge in [-0.1, -0.05) is 19.1 Å². The van der Waals surface area contributed by atoms with Gasteiger partial charge in [0.25, 0.3) is 0 Å². The highest BCUT2D eigenvalue weighted by atomic mass is 32.1. The lowest BCUT2D eigenvalue weighted by Crippen LogP contribution is -2.43. The van der Waals surface area contributed by atoms with E-state index in [1.807, 2.05) is 31.2 Å². The molecule has 7 heteroatoms. The molecular formula is C16H21N3O3S. The van der Waals surface area contributed by atoms with Gasteiger partial charge in [-0.15, -0.1) is 0 Å². The SMILES string of the molecule is CCCN1C(=O)CN(C(NC(C)=O)c2ccc(OC)cc2)C1=S. The van der Waals surface area contributed by atoms with E-state index in [-0.39, 0.29) is 18.4 Å². The summed E-state index contributed by atoms with van der Waals surface area (Å²) in [7, 11) is 1.59. The average Bonchev–Trinajstić information content (AvgIpc) is 2.81. The zero-order chi connectivity index (χ0) is 17.0. The lowest BCUT2D eigenvalue weighted by Gasteiger charge is -2.30. The normalized spacial score (nSPS) is 15.8. The zero-order valence-electron chi connectivity index (χ0n) is 13.5. The van der Waals surface area contributed by atoms with E-state index in [4.69, 9.17) is 17.0 Å². The first-order chi connectivity index (χ1) is 11.0. The van der Waals surface area contributed by atoms with Crippen LogP contribution in [0.15, 0.2) is 24.3 Å². The number of amides is 2. The Kier molecular flexibility index (Phi) is 5.54. The third kappa shape index (κ3) is 3.79. The van der Waals surface area contributed by atoms with E-state index in [1.54, 1.807) is 16.9 Å². The maximum Gasteiger partial charge on any atom is 0.248 e. The minimum Gasteiger partial charge on any atom is -0.497 e. The number of ether oxygens (including phenoxy) is 1. The Morgan fingerprint density at radius 1 is 1.39 bits per heavy atom. The summed E-state index contributed by atoms with van der Waals surface area (Å²) in [6.45, 7) is 4.19. The van der Waals surface area contributed by atoms with Crippen molar-refractivity contribution in [1.82, 2.24) is 15.1 Å². The van der Waals surface area contributed by atoms with Crippen LogP contribution in [0.4, 0.5) is 0 Å². The van der Waals surface area contributed by atoms with Gasteiger partial charge in [0.1, 0.15) is 18.5 Å². The van der Waals surface area contributed by atoms with Gasteiger partial charge in [-0.25, -0.2) is 0 Å². The monoisotopic (exact) mass is 335 g/mol. The molecule has 0 saturated carbocycles. The lowest BCUT2D eigenvalue weighted by atomic mass is 10.1. The summed E-state index contributed by atoms with van der Waals surface area (Å²) in [6.07, 6.45) is 0.351. The van der Waals surface area contributed by atoms with Crippen molar-refractivity contribution in [1.29, 1.82) is 0 Å². The van der Waals surface area contributed by atoms with Crippen molar-refractivity contribution in [2.75, 3.05) is 20.2 Å². The van der Waals surface area contributed by atoms with Crippen LogP contribution in [-0.2, 0) is 9.59 Å². The van der Waals surface area contributed by atoms with E-state index in [0.717, 1.165) is 17.7 Å². The predicted molar refractivity (Wildman–Crippen MR) is 90.9 cm³/mol. The number of rotatable bonds is 6. The van der Waals surface area contributed by atoms with Gasteiger partial charge >= 0.3 is 0 Å². The number of nitrogens with one attached hydrogen (secondary N) is 1. The Labute approximate surface area is 141 Å². The van der Waals surface area contributed by atoms with Crippen LogP contribution in [0.3, 0.4) is 0 Å². The Bertz CT molecular complexity index is 603. The highest BCUT2D eigenvalue weighted by Gasteiger charge is 2.37. The van der Waals surface area contributed by atoms with E-state index in [1.165, 1.54) is 6.92 Å². The highest BCUT2D eigenvalue weighted by molar-refractivity contribution is 7.80. The number of hydrogen-bond acceptors (Lipinski definition) is 4. The Morgan fingerprint density at radius 3 is 2.57 bits per heavy atom. The van der Waals surface area contributed by atoms with E-state index in [0.29, 0.717) is 11.7 Å². The molecule has 23 heavy (non-hydrogen) atoms. The Morgan fingerprint density at radius 2 is 2.04 bits per heavy atom. The highest BCUT2D eigenvalue weighted by Crippen LogP contribution is 2.25. The topological polar surface area (TPSA) is 61.9 Å².